The quantitative estimate of drug-likeness (QED) is 0.850. The number of hydrogen-bond acceptors (Lipinski definition) is 2. The van der Waals surface area contributed by atoms with Gasteiger partial charge in [-0.3, -0.25) is 0 Å². The summed E-state index contributed by atoms with van der Waals surface area (Å²) in [6, 6.07) is 8.97. The number of methoxy groups -OCH3 is 1. The van der Waals surface area contributed by atoms with Gasteiger partial charge < -0.3 is 9.84 Å². The lowest BCUT2D eigenvalue weighted by molar-refractivity contribution is -0.137. The molecule has 0 amide bonds. The van der Waals surface area contributed by atoms with Crippen molar-refractivity contribution in [1.82, 2.24) is 0 Å². The van der Waals surface area contributed by atoms with Gasteiger partial charge in [-0.25, -0.2) is 0 Å². The summed E-state index contributed by atoms with van der Waals surface area (Å²) in [5.41, 5.74) is 0.763. The molecule has 0 radical (unpaired) electrons. The average Bonchev–Trinajstić information content (AvgIpc) is 2.29. The summed E-state index contributed by atoms with van der Waals surface area (Å²) in [4.78, 5) is 0. The molecular weight excluding hydrogens is 245 g/mol. The van der Waals surface area contributed by atoms with Gasteiger partial charge in [0.2, 0.25) is 0 Å². The predicted molar refractivity (Wildman–Crippen MR) is 62.1 cm³/mol. The van der Waals surface area contributed by atoms with Crippen molar-refractivity contribution in [3.05, 3.63) is 35.9 Å². The Morgan fingerprint density at radius 1 is 1.22 bits per heavy atom. The third kappa shape index (κ3) is 5.06. The highest BCUT2D eigenvalue weighted by Gasteiger charge is 2.28. The largest absolute Gasteiger partial charge is 0.390 e. The van der Waals surface area contributed by atoms with Crippen molar-refractivity contribution in [2.45, 2.75) is 37.6 Å². The summed E-state index contributed by atoms with van der Waals surface area (Å²) in [5.74, 6) is 0. The van der Waals surface area contributed by atoms with Gasteiger partial charge in [0, 0.05) is 13.5 Å². The Bertz CT molecular complexity index is 338. The number of aliphatic hydroxyl groups is 1. The molecule has 0 fully saturated rings. The van der Waals surface area contributed by atoms with E-state index in [1.54, 1.807) is 24.3 Å². The molecule has 1 aromatic rings. The van der Waals surface area contributed by atoms with Crippen LogP contribution in [0.3, 0.4) is 0 Å². The van der Waals surface area contributed by atoms with Crippen LogP contribution in [0.1, 0.15) is 30.9 Å². The van der Waals surface area contributed by atoms with Crippen molar-refractivity contribution in [3.63, 3.8) is 0 Å². The van der Waals surface area contributed by atoms with Crippen LogP contribution in [0.25, 0.3) is 0 Å². The van der Waals surface area contributed by atoms with Crippen LogP contribution in [-0.4, -0.2) is 24.5 Å². The summed E-state index contributed by atoms with van der Waals surface area (Å²) < 4.78 is 41.1. The first-order valence-corrected chi connectivity index (χ1v) is 5.76. The van der Waals surface area contributed by atoms with E-state index < -0.39 is 24.8 Å². The van der Waals surface area contributed by atoms with E-state index in [-0.39, 0.29) is 12.8 Å². The van der Waals surface area contributed by atoms with E-state index in [4.69, 9.17) is 4.74 Å². The zero-order valence-electron chi connectivity index (χ0n) is 10.2. The van der Waals surface area contributed by atoms with Crippen molar-refractivity contribution >= 4 is 0 Å². The first-order chi connectivity index (χ1) is 8.44. The molecule has 0 spiro atoms. The highest BCUT2D eigenvalue weighted by atomic mass is 19.4. The highest BCUT2D eigenvalue weighted by Crippen LogP contribution is 2.27. The fourth-order valence-electron chi connectivity index (χ4n) is 1.82. The van der Waals surface area contributed by atoms with E-state index in [1.807, 2.05) is 6.07 Å². The maximum Gasteiger partial charge on any atom is 0.389 e. The second-order valence-corrected chi connectivity index (χ2v) is 4.14. The number of hydrogen-bond donors (Lipinski definition) is 1. The molecule has 18 heavy (non-hydrogen) atoms. The monoisotopic (exact) mass is 262 g/mol. The average molecular weight is 262 g/mol. The maximum atomic E-state index is 12.0. The fraction of sp³-hybridized carbons (Fsp3) is 0.538. The van der Waals surface area contributed by atoms with Gasteiger partial charge in [-0.15, -0.1) is 0 Å². The smallest absolute Gasteiger partial charge is 0.389 e. The van der Waals surface area contributed by atoms with Crippen molar-refractivity contribution in [2.75, 3.05) is 7.11 Å². The molecule has 1 N–H and O–H groups in total. The SMILES string of the molecule is COC(c1ccccc1)C(O)CCCC(F)(F)F. The normalized spacial score (nSPS) is 15.4. The van der Waals surface area contributed by atoms with Gasteiger partial charge >= 0.3 is 6.18 Å². The minimum Gasteiger partial charge on any atom is -0.390 e. The number of halogens is 3. The lowest BCUT2D eigenvalue weighted by Gasteiger charge is -2.22. The van der Waals surface area contributed by atoms with Crippen molar-refractivity contribution < 1.29 is 23.0 Å². The van der Waals surface area contributed by atoms with E-state index in [0.29, 0.717) is 0 Å². The van der Waals surface area contributed by atoms with E-state index >= 15 is 0 Å². The summed E-state index contributed by atoms with van der Waals surface area (Å²) in [5, 5.41) is 9.87. The molecule has 5 heteroatoms. The van der Waals surface area contributed by atoms with Gasteiger partial charge in [0.05, 0.1) is 6.10 Å². The molecule has 1 rings (SSSR count). The van der Waals surface area contributed by atoms with Gasteiger partial charge in [-0.1, -0.05) is 30.3 Å². The first kappa shape index (κ1) is 15.0. The number of aliphatic hydroxyl groups excluding tert-OH is 1. The molecule has 102 valence electrons. The molecule has 2 atom stereocenters. The van der Waals surface area contributed by atoms with Crippen molar-refractivity contribution in [3.8, 4) is 0 Å². The second-order valence-electron chi connectivity index (χ2n) is 4.14. The number of ether oxygens (including phenoxy) is 1. The minimum absolute atomic E-state index is 0.0624. The molecular formula is C13H17F3O2. The molecule has 0 saturated heterocycles. The lowest BCUT2D eigenvalue weighted by Crippen LogP contribution is -2.21. The third-order valence-electron chi connectivity index (χ3n) is 2.69. The molecule has 2 nitrogen and oxygen atoms in total. The van der Waals surface area contributed by atoms with Gasteiger partial charge in [0.25, 0.3) is 0 Å². The third-order valence-corrected chi connectivity index (χ3v) is 2.69. The van der Waals surface area contributed by atoms with E-state index in [2.05, 4.69) is 0 Å². The standard InChI is InChI=1S/C13H17F3O2/c1-18-12(10-6-3-2-4-7-10)11(17)8-5-9-13(14,15)16/h2-4,6-7,11-12,17H,5,8-9H2,1H3. The summed E-state index contributed by atoms with van der Waals surface area (Å²) >= 11 is 0. The summed E-state index contributed by atoms with van der Waals surface area (Å²) in [6.07, 6.45) is -6.60. The zero-order valence-corrected chi connectivity index (χ0v) is 10.2. The first-order valence-electron chi connectivity index (χ1n) is 5.76. The Labute approximate surface area is 104 Å². The van der Waals surface area contributed by atoms with Gasteiger partial charge in [0.15, 0.2) is 0 Å². The Morgan fingerprint density at radius 2 is 1.83 bits per heavy atom. The Balaban J connectivity index is 2.51. The Hall–Kier alpha value is -1.07. The molecule has 0 aliphatic carbocycles. The van der Waals surface area contributed by atoms with Crippen LogP contribution in [0.5, 0.6) is 0 Å². The van der Waals surface area contributed by atoms with Crippen LogP contribution in [0.2, 0.25) is 0 Å². The predicted octanol–water partition coefficient (Wildman–Crippen LogP) is 3.47. The number of rotatable bonds is 6. The van der Waals surface area contributed by atoms with Crippen LogP contribution >= 0.6 is 0 Å². The zero-order chi connectivity index (χ0) is 13.6. The lowest BCUT2D eigenvalue weighted by atomic mass is 10.00. The van der Waals surface area contributed by atoms with Crippen LogP contribution in [0, 0.1) is 0 Å². The summed E-state index contributed by atoms with van der Waals surface area (Å²) in [6.45, 7) is 0. The summed E-state index contributed by atoms with van der Waals surface area (Å²) in [7, 11) is 1.44. The number of benzene rings is 1. The van der Waals surface area contributed by atoms with Gasteiger partial charge in [0.1, 0.15) is 6.10 Å². The second kappa shape index (κ2) is 6.75. The Kier molecular flexibility index (Phi) is 5.62. The van der Waals surface area contributed by atoms with E-state index in [9.17, 15) is 18.3 Å². The van der Waals surface area contributed by atoms with Crippen LogP contribution in [0.15, 0.2) is 30.3 Å². The maximum absolute atomic E-state index is 12.0. The van der Waals surface area contributed by atoms with Crippen molar-refractivity contribution in [2.24, 2.45) is 0 Å². The van der Waals surface area contributed by atoms with Crippen LogP contribution < -0.4 is 0 Å². The van der Waals surface area contributed by atoms with E-state index in [0.717, 1.165) is 5.56 Å². The topological polar surface area (TPSA) is 29.5 Å². The van der Waals surface area contributed by atoms with Gasteiger partial charge in [-0.05, 0) is 18.4 Å². The molecule has 0 bridgehead atoms. The Morgan fingerprint density at radius 3 is 2.33 bits per heavy atom. The van der Waals surface area contributed by atoms with Crippen molar-refractivity contribution in [1.29, 1.82) is 0 Å². The molecule has 0 aliphatic rings. The minimum atomic E-state index is -4.17. The highest BCUT2D eigenvalue weighted by molar-refractivity contribution is 5.18. The fourth-order valence-corrected chi connectivity index (χ4v) is 1.82. The van der Waals surface area contributed by atoms with Crippen LogP contribution in [-0.2, 0) is 4.74 Å². The molecule has 2 unspecified atom stereocenters. The van der Waals surface area contributed by atoms with Crippen LogP contribution in [0.4, 0.5) is 13.2 Å². The number of alkyl halides is 3. The molecule has 0 saturated carbocycles. The molecule has 1 aromatic carbocycles. The van der Waals surface area contributed by atoms with E-state index in [1.165, 1.54) is 7.11 Å². The molecule has 0 aliphatic heterocycles. The molecule has 0 aromatic heterocycles. The molecule has 0 heterocycles. The van der Waals surface area contributed by atoms with Gasteiger partial charge in [-0.2, -0.15) is 13.2 Å².